The molecule has 2 heterocycles. The van der Waals surface area contributed by atoms with Crippen molar-refractivity contribution in [2.45, 2.75) is 20.0 Å². The van der Waals surface area contributed by atoms with Gasteiger partial charge >= 0.3 is 11.7 Å². The zero-order valence-corrected chi connectivity index (χ0v) is 12.1. The van der Waals surface area contributed by atoms with Crippen LogP contribution in [-0.2, 0) is 0 Å². The molecular weight excluding hydrogens is 286 g/mol. The highest BCUT2D eigenvalue weighted by molar-refractivity contribution is 6.11. The molecule has 114 valence electrons. The van der Waals surface area contributed by atoms with E-state index >= 15 is 0 Å². The van der Waals surface area contributed by atoms with Crippen molar-refractivity contribution in [3.05, 3.63) is 40.2 Å². The molecule has 1 atom stereocenters. The average molecular weight is 301 g/mol. The minimum Gasteiger partial charge on any atom is -0.483 e. The first-order valence-electron chi connectivity index (χ1n) is 6.83. The molecule has 0 bridgehead atoms. The average Bonchev–Trinajstić information content (AvgIpc) is 2.80. The minimum absolute atomic E-state index is 0.135. The van der Waals surface area contributed by atoms with E-state index in [4.69, 9.17) is 14.9 Å². The normalized spacial score (nSPS) is 18.5. The van der Waals surface area contributed by atoms with Gasteiger partial charge in [0, 0.05) is 23.1 Å². The Morgan fingerprint density at radius 3 is 2.82 bits per heavy atom. The first-order chi connectivity index (χ1) is 10.5. The maximum Gasteiger partial charge on any atom is 0.336 e. The van der Waals surface area contributed by atoms with Gasteiger partial charge in [0.05, 0.1) is 0 Å². The van der Waals surface area contributed by atoms with Gasteiger partial charge in [0.1, 0.15) is 23.1 Å². The van der Waals surface area contributed by atoms with Gasteiger partial charge in [0.2, 0.25) is 0 Å². The molecule has 7 nitrogen and oxygen atoms in total. The van der Waals surface area contributed by atoms with Crippen LogP contribution < -0.4 is 21.5 Å². The molecule has 1 unspecified atom stereocenters. The molecule has 2 aromatic rings. The van der Waals surface area contributed by atoms with Crippen LogP contribution in [0, 0.1) is 5.92 Å². The summed E-state index contributed by atoms with van der Waals surface area (Å²) in [7, 11) is 0. The van der Waals surface area contributed by atoms with Crippen molar-refractivity contribution in [2.75, 3.05) is 0 Å². The second-order valence-corrected chi connectivity index (χ2v) is 5.40. The fourth-order valence-electron chi connectivity index (χ4n) is 2.43. The number of nitrogens with two attached hydrogens (primary N) is 1. The molecule has 0 spiro atoms. The first kappa shape index (κ1) is 14.1. The first-order valence-corrected chi connectivity index (χ1v) is 6.83. The van der Waals surface area contributed by atoms with E-state index in [2.05, 4.69) is 10.5 Å². The number of primary amides is 1. The van der Waals surface area contributed by atoms with Crippen molar-refractivity contribution in [1.29, 1.82) is 0 Å². The molecule has 0 saturated carbocycles. The number of ether oxygens (including phenoxy) is 1. The molecule has 1 aromatic carbocycles. The Bertz CT molecular complexity index is 838. The number of fused-ring (bicyclic) bond motifs is 2. The van der Waals surface area contributed by atoms with Crippen LogP contribution in [0.15, 0.2) is 38.6 Å². The van der Waals surface area contributed by atoms with E-state index in [0.29, 0.717) is 17.0 Å². The van der Waals surface area contributed by atoms with Gasteiger partial charge in [-0.25, -0.2) is 15.0 Å². The monoisotopic (exact) mass is 301 g/mol. The second kappa shape index (κ2) is 5.18. The lowest BCUT2D eigenvalue weighted by Gasteiger charge is -2.15. The summed E-state index contributed by atoms with van der Waals surface area (Å²) in [6.45, 7) is 3.96. The van der Waals surface area contributed by atoms with Crippen LogP contribution in [0.25, 0.3) is 11.0 Å². The Morgan fingerprint density at radius 2 is 2.14 bits per heavy atom. The molecule has 0 fully saturated rings. The Morgan fingerprint density at radius 1 is 1.36 bits per heavy atom. The fourth-order valence-corrected chi connectivity index (χ4v) is 2.43. The summed E-state index contributed by atoms with van der Waals surface area (Å²) in [6.07, 6.45) is -0.314. The van der Waals surface area contributed by atoms with E-state index in [9.17, 15) is 9.59 Å². The predicted molar refractivity (Wildman–Crippen MR) is 81.0 cm³/mol. The highest BCUT2D eigenvalue weighted by atomic mass is 16.5. The van der Waals surface area contributed by atoms with Gasteiger partial charge in [-0.2, -0.15) is 5.10 Å². The third-order valence-electron chi connectivity index (χ3n) is 3.41. The number of hydrazone groups is 1. The summed E-state index contributed by atoms with van der Waals surface area (Å²) in [4.78, 5) is 22.2. The van der Waals surface area contributed by atoms with Crippen LogP contribution in [0.2, 0.25) is 0 Å². The Hall–Kier alpha value is -2.83. The number of amides is 2. The van der Waals surface area contributed by atoms with E-state index in [0.717, 1.165) is 10.9 Å². The number of hydrogen-bond acceptors (Lipinski definition) is 5. The molecule has 0 radical (unpaired) electrons. The molecule has 22 heavy (non-hydrogen) atoms. The smallest absolute Gasteiger partial charge is 0.336 e. The number of nitrogens with zero attached hydrogens (tertiary/aromatic N) is 1. The van der Waals surface area contributed by atoms with Gasteiger partial charge in [0.15, 0.2) is 0 Å². The zero-order valence-electron chi connectivity index (χ0n) is 12.1. The van der Waals surface area contributed by atoms with Crippen molar-refractivity contribution in [3.8, 4) is 5.75 Å². The molecule has 0 saturated heterocycles. The van der Waals surface area contributed by atoms with Crippen LogP contribution in [0.4, 0.5) is 4.79 Å². The summed E-state index contributed by atoms with van der Waals surface area (Å²) in [5.41, 5.74) is 8.68. The van der Waals surface area contributed by atoms with Gasteiger partial charge < -0.3 is 14.9 Å². The summed E-state index contributed by atoms with van der Waals surface area (Å²) < 4.78 is 11.0. The van der Waals surface area contributed by atoms with Crippen LogP contribution in [0.1, 0.15) is 19.4 Å². The zero-order chi connectivity index (χ0) is 15.9. The number of hydrogen-bond donors (Lipinski definition) is 2. The largest absolute Gasteiger partial charge is 0.483 e. The SMILES string of the molecule is CC(C)C1Oc2cc3oc(=O)ccc3cc2C1=NNC(N)=O. The molecule has 1 aliphatic heterocycles. The number of rotatable bonds is 2. The molecule has 2 amide bonds. The summed E-state index contributed by atoms with van der Waals surface area (Å²) in [5.74, 6) is 0.696. The highest BCUT2D eigenvalue weighted by Gasteiger charge is 2.33. The predicted octanol–water partition coefficient (Wildman–Crippen LogP) is 1.58. The Kier molecular flexibility index (Phi) is 3.32. The second-order valence-electron chi connectivity index (χ2n) is 5.40. The third kappa shape index (κ3) is 2.41. The lowest BCUT2D eigenvalue weighted by molar-refractivity contribution is 0.228. The van der Waals surface area contributed by atoms with Crippen LogP contribution in [-0.4, -0.2) is 17.8 Å². The maximum atomic E-state index is 11.3. The molecule has 7 heteroatoms. The number of nitrogens with one attached hydrogen (secondary N) is 1. The van der Waals surface area contributed by atoms with Gasteiger partial charge in [-0.15, -0.1) is 0 Å². The topological polar surface area (TPSA) is 107 Å². The Labute approximate surface area is 125 Å². The van der Waals surface area contributed by atoms with E-state index in [-0.39, 0.29) is 12.0 Å². The lowest BCUT2D eigenvalue weighted by atomic mass is 9.98. The fraction of sp³-hybridized carbons (Fsp3) is 0.267. The van der Waals surface area contributed by atoms with Gasteiger partial charge in [-0.1, -0.05) is 13.8 Å². The van der Waals surface area contributed by atoms with Crippen molar-refractivity contribution in [3.63, 3.8) is 0 Å². The quantitative estimate of drug-likeness (QED) is 0.648. The maximum absolute atomic E-state index is 11.3. The van der Waals surface area contributed by atoms with Gasteiger partial charge in [0.25, 0.3) is 0 Å². The van der Waals surface area contributed by atoms with E-state index in [1.807, 2.05) is 19.9 Å². The third-order valence-corrected chi connectivity index (χ3v) is 3.41. The molecule has 3 N–H and O–H groups in total. The van der Waals surface area contributed by atoms with Crippen molar-refractivity contribution < 1.29 is 13.9 Å². The van der Waals surface area contributed by atoms with E-state index in [1.165, 1.54) is 6.07 Å². The number of benzene rings is 1. The molecular formula is C15H15N3O4. The molecule has 1 aromatic heterocycles. The van der Waals surface area contributed by atoms with Crippen LogP contribution in [0.3, 0.4) is 0 Å². The number of urea groups is 1. The lowest BCUT2D eigenvalue weighted by Crippen LogP contribution is -2.32. The standard InChI is InChI=1S/C15H15N3O4/c1-7(2)14-13(17-18-15(16)20)9-5-8-3-4-12(19)21-10(8)6-11(9)22-14/h3-7,14H,1-2H3,(H3,16,18,20). The number of carbonyl (C=O) groups is 1. The Balaban J connectivity index is 2.15. The molecule has 0 aliphatic carbocycles. The van der Waals surface area contributed by atoms with Crippen molar-refractivity contribution in [2.24, 2.45) is 16.8 Å². The van der Waals surface area contributed by atoms with Crippen LogP contribution >= 0.6 is 0 Å². The van der Waals surface area contributed by atoms with E-state index in [1.54, 1.807) is 12.1 Å². The summed E-state index contributed by atoms with van der Waals surface area (Å²) in [6, 6.07) is 5.76. The minimum atomic E-state index is -0.741. The summed E-state index contributed by atoms with van der Waals surface area (Å²) in [5, 5.41) is 4.81. The molecule has 3 rings (SSSR count). The van der Waals surface area contributed by atoms with Crippen molar-refractivity contribution >= 4 is 22.7 Å². The van der Waals surface area contributed by atoms with E-state index < -0.39 is 11.7 Å². The number of carbonyl (C=O) groups excluding carboxylic acids is 1. The van der Waals surface area contributed by atoms with Gasteiger partial charge in [-0.05, 0) is 18.1 Å². The van der Waals surface area contributed by atoms with Crippen molar-refractivity contribution in [1.82, 2.24) is 5.43 Å². The highest BCUT2D eigenvalue weighted by Crippen LogP contribution is 2.35. The van der Waals surface area contributed by atoms with Gasteiger partial charge in [-0.3, -0.25) is 0 Å². The van der Waals surface area contributed by atoms with Crippen LogP contribution in [0.5, 0.6) is 5.75 Å². The molecule has 1 aliphatic rings. The summed E-state index contributed by atoms with van der Waals surface area (Å²) >= 11 is 0.